The van der Waals surface area contributed by atoms with Crippen molar-refractivity contribution in [3.05, 3.63) is 41.7 Å². The fraction of sp³-hybridized carbons (Fsp3) is 0.625. The Kier molecular flexibility index (Phi) is 6.47. The number of aryl methyl sites for hydroxylation is 1. The van der Waals surface area contributed by atoms with Crippen molar-refractivity contribution in [2.24, 2.45) is 17.3 Å². The zero-order valence-electron chi connectivity index (χ0n) is 20.6. The second-order valence-electron chi connectivity index (χ2n) is 10.7. The largest absolute Gasteiger partial charge is 0.546 e. The number of carbonyl (C=O) groups excluding carboxylic acids is 1. The number of carbonyl (C=O) groups is 1. The Bertz CT molecular complexity index is 1010. The zero-order valence-corrected chi connectivity index (χ0v) is 22.4. The SMILES string of the molecule is CC[C@]12CN(S(=O)(=O)c3ccc(C)cc3)C[C@H]1C=C(O[Si](C)(C)C(C)(C)C)[C@H]2C(=O)OC. The van der Waals surface area contributed by atoms with Gasteiger partial charge in [-0.05, 0) is 49.7 Å². The summed E-state index contributed by atoms with van der Waals surface area (Å²) in [6, 6.07) is 6.91. The number of ether oxygens (including phenoxy) is 1. The summed E-state index contributed by atoms with van der Waals surface area (Å²) in [6.45, 7) is 15.3. The highest BCUT2D eigenvalue weighted by atomic mass is 32.2. The van der Waals surface area contributed by atoms with Crippen molar-refractivity contribution in [3.8, 4) is 0 Å². The normalized spacial score (nSPS) is 26.6. The number of hydrogen-bond donors (Lipinski definition) is 0. The van der Waals surface area contributed by atoms with Crippen LogP contribution in [0.1, 0.15) is 39.7 Å². The van der Waals surface area contributed by atoms with E-state index in [4.69, 9.17) is 9.16 Å². The molecule has 0 spiro atoms. The molecule has 0 amide bonds. The summed E-state index contributed by atoms with van der Waals surface area (Å²) in [5.74, 6) is -0.386. The van der Waals surface area contributed by atoms with E-state index in [1.807, 2.05) is 32.1 Å². The van der Waals surface area contributed by atoms with Gasteiger partial charge in [0, 0.05) is 24.4 Å². The number of esters is 1. The van der Waals surface area contributed by atoms with E-state index in [0.717, 1.165) is 5.56 Å². The first-order valence-electron chi connectivity index (χ1n) is 11.2. The first kappa shape index (κ1) is 25.0. The van der Waals surface area contributed by atoms with Gasteiger partial charge < -0.3 is 9.16 Å². The Morgan fingerprint density at radius 2 is 1.81 bits per heavy atom. The number of rotatable bonds is 6. The maximum absolute atomic E-state index is 13.4. The minimum atomic E-state index is -3.66. The second kappa shape index (κ2) is 8.29. The molecule has 0 radical (unpaired) electrons. The highest BCUT2D eigenvalue weighted by Crippen LogP contribution is 2.56. The van der Waals surface area contributed by atoms with E-state index < -0.39 is 29.7 Å². The second-order valence-corrected chi connectivity index (χ2v) is 17.4. The first-order valence-corrected chi connectivity index (χ1v) is 15.6. The molecule has 1 aromatic rings. The third kappa shape index (κ3) is 4.05. The molecular formula is C24H37NO5SSi. The van der Waals surface area contributed by atoms with Crippen LogP contribution in [0.25, 0.3) is 0 Å². The fourth-order valence-corrected chi connectivity index (χ4v) is 7.27. The highest BCUT2D eigenvalue weighted by Gasteiger charge is 2.61. The van der Waals surface area contributed by atoms with Gasteiger partial charge in [-0.2, -0.15) is 4.31 Å². The van der Waals surface area contributed by atoms with E-state index in [9.17, 15) is 13.2 Å². The van der Waals surface area contributed by atoms with Crippen LogP contribution < -0.4 is 0 Å². The van der Waals surface area contributed by atoms with Gasteiger partial charge in [0.25, 0.3) is 0 Å². The smallest absolute Gasteiger partial charge is 0.316 e. The van der Waals surface area contributed by atoms with Gasteiger partial charge in [0.2, 0.25) is 18.3 Å². The topological polar surface area (TPSA) is 72.9 Å². The standard InChI is InChI=1S/C24H37NO5SSi/c1-9-24-16-25(31(27,28)19-12-10-17(2)11-13-19)15-18(24)14-20(21(24)22(26)29-6)30-32(7,8)23(3,4)5/h10-14,18,21H,9,15-16H2,1-8H3/t18-,21+,24+/m1/s1. The van der Waals surface area contributed by atoms with Crippen LogP contribution in [-0.4, -0.2) is 47.2 Å². The quantitative estimate of drug-likeness (QED) is 0.436. The number of fused-ring (bicyclic) bond motifs is 1. The molecule has 3 rings (SSSR count). The molecule has 0 unspecified atom stereocenters. The van der Waals surface area contributed by atoms with Gasteiger partial charge in [0.05, 0.1) is 17.8 Å². The van der Waals surface area contributed by atoms with Crippen molar-refractivity contribution in [2.75, 3.05) is 20.2 Å². The number of methoxy groups -OCH3 is 1. The highest BCUT2D eigenvalue weighted by molar-refractivity contribution is 7.89. The summed E-state index contributed by atoms with van der Waals surface area (Å²) in [5.41, 5.74) is 0.441. The number of sulfonamides is 1. The Hall–Kier alpha value is -1.64. The van der Waals surface area contributed by atoms with Gasteiger partial charge in [-0.3, -0.25) is 4.79 Å². The Labute approximate surface area is 194 Å². The van der Waals surface area contributed by atoms with Crippen molar-refractivity contribution in [2.45, 2.75) is 64.1 Å². The monoisotopic (exact) mass is 479 g/mol. The van der Waals surface area contributed by atoms with Crippen molar-refractivity contribution in [3.63, 3.8) is 0 Å². The predicted octanol–water partition coefficient (Wildman–Crippen LogP) is 4.72. The minimum Gasteiger partial charge on any atom is -0.546 e. The molecule has 178 valence electrons. The molecule has 1 aliphatic carbocycles. The Morgan fingerprint density at radius 1 is 1.22 bits per heavy atom. The lowest BCUT2D eigenvalue weighted by Crippen LogP contribution is -2.45. The van der Waals surface area contributed by atoms with E-state index in [0.29, 0.717) is 18.7 Å². The van der Waals surface area contributed by atoms with E-state index in [1.165, 1.54) is 11.4 Å². The fourth-order valence-electron chi connectivity index (χ4n) is 4.64. The average Bonchev–Trinajstić information content (AvgIpc) is 3.19. The molecule has 1 aliphatic heterocycles. The number of benzene rings is 1. The molecule has 1 heterocycles. The van der Waals surface area contributed by atoms with Crippen LogP contribution in [-0.2, 0) is 24.0 Å². The molecule has 0 saturated carbocycles. The lowest BCUT2D eigenvalue weighted by molar-refractivity contribution is -0.149. The van der Waals surface area contributed by atoms with Crippen molar-refractivity contribution >= 4 is 24.3 Å². The predicted molar refractivity (Wildman–Crippen MR) is 128 cm³/mol. The van der Waals surface area contributed by atoms with Gasteiger partial charge >= 0.3 is 5.97 Å². The van der Waals surface area contributed by atoms with Gasteiger partial charge in [0.1, 0.15) is 5.92 Å². The van der Waals surface area contributed by atoms with Crippen LogP contribution in [0.3, 0.4) is 0 Å². The van der Waals surface area contributed by atoms with Gasteiger partial charge in [-0.1, -0.05) is 45.4 Å². The van der Waals surface area contributed by atoms with Gasteiger partial charge in [0.15, 0.2) is 0 Å². The van der Waals surface area contributed by atoms with Crippen LogP contribution >= 0.6 is 0 Å². The van der Waals surface area contributed by atoms with Crippen LogP contribution in [0, 0.1) is 24.2 Å². The van der Waals surface area contributed by atoms with Crippen LogP contribution in [0.2, 0.25) is 18.1 Å². The average molecular weight is 480 g/mol. The summed E-state index contributed by atoms with van der Waals surface area (Å²) >= 11 is 0. The molecule has 1 saturated heterocycles. The van der Waals surface area contributed by atoms with Crippen LogP contribution in [0.4, 0.5) is 0 Å². The molecule has 32 heavy (non-hydrogen) atoms. The summed E-state index contributed by atoms with van der Waals surface area (Å²) in [4.78, 5) is 13.3. The summed E-state index contributed by atoms with van der Waals surface area (Å²) in [6.07, 6.45) is 2.66. The lowest BCUT2D eigenvalue weighted by atomic mass is 9.71. The molecule has 0 bridgehead atoms. The Morgan fingerprint density at radius 3 is 2.31 bits per heavy atom. The van der Waals surface area contributed by atoms with Gasteiger partial charge in [-0.25, -0.2) is 8.42 Å². The Balaban J connectivity index is 2.00. The first-order chi connectivity index (χ1) is 14.7. The minimum absolute atomic E-state index is 0.0214. The van der Waals surface area contributed by atoms with E-state index in [-0.39, 0.29) is 28.4 Å². The van der Waals surface area contributed by atoms with Crippen LogP contribution in [0.5, 0.6) is 0 Å². The molecule has 0 aromatic heterocycles. The van der Waals surface area contributed by atoms with Crippen LogP contribution in [0.15, 0.2) is 41.0 Å². The third-order valence-corrected chi connectivity index (χ3v) is 14.0. The van der Waals surface area contributed by atoms with E-state index in [2.05, 4.69) is 33.9 Å². The molecule has 1 fully saturated rings. The van der Waals surface area contributed by atoms with Crippen molar-refractivity contribution in [1.29, 1.82) is 0 Å². The van der Waals surface area contributed by atoms with Gasteiger partial charge in [-0.15, -0.1) is 0 Å². The summed E-state index contributed by atoms with van der Waals surface area (Å²) < 4.78 is 40.1. The number of hydrogen-bond acceptors (Lipinski definition) is 5. The summed E-state index contributed by atoms with van der Waals surface area (Å²) in [7, 11) is -4.45. The van der Waals surface area contributed by atoms with E-state index in [1.54, 1.807) is 12.1 Å². The molecule has 6 nitrogen and oxygen atoms in total. The molecule has 0 N–H and O–H groups in total. The lowest BCUT2D eigenvalue weighted by Gasteiger charge is -2.40. The molecule has 3 atom stereocenters. The van der Waals surface area contributed by atoms with E-state index >= 15 is 0 Å². The molecule has 8 heteroatoms. The number of nitrogens with zero attached hydrogens (tertiary/aromatic N) is 1. The molecular weight excluding hydrogens is 442 g/mol. The van der Waals surface area contributed by atoms with Crippen molar-refractivity contribution in [1.82, 2.24) is 4.31 Å². The maximum atomic E-state index is 13.4. The summed E-state index contributed by atoms with van der Waals surface area (Å²) in [5, 5.41) is -0.0214. The third-order valence-electron chi connectivity index (χ3n) is 7.77. The zero-order chi connectivity index (χ0) is 24.1. The maximum Gasteiger partial charge on any atom is 0.316 e. The molecule has 1 aromatic carbocycles. The van der Waals surface area contributed by atoms with Crippen molar-refractivity contribution < 1.29 is 22.4 Å². The molecule has 2 aliphatic rings.